The summed E-state index contributed by atoms with van der Waals surface area (Å²) in [7, 11) is 0. The van der Waals surface area contributed by atoms with Gasteiger partial charge < -0.3 is 16.2 Å². The Morgan fingerprint density at radius 3 is 2.12 bits per heavy atom. The van der Waals surface area contributed by atoms with Gasteiger partial charge in [0.25, 0.3) is 0 Å². The molecule has 0 aliphatic rings. The van der Waals surface area contributed by atoms with Crippen molar-refractivity contribution in [3.8, 4) is 5.75 Å². The van der Waals surface area contributed by atoms with Crippen molar-refractivity contribution in [2.24, 2.45) is 11.5 Å². The molecule has 0 amide bonds. The van der Waals surface area contributed by atoms with E-state index in [9.17, 15) is 0 Å². The Labute approximate surface area is 104 Å². The summed E-state index contributed by atoms with van der Waals surface area (Å²) in [5.74, 6) is 0.893. The van der Waals surface area contributed by atoms with E-state index in [2.05, 4.69) is 6.92 Å². The largest absolute Gasteiger partial charge is 0.494 e. The van der Waals surface area contributed by atoms with Gasteiger partial charge in [-0.15, -0.1) is 0 Å². The molecule has 1 rings (SSSR count). The summed E-state index contributed by atoms with van der Waals surface area (Å²) in [6.07, 6.45) is 4.87. The maximum absolute atomic E-state index is 5.73. The van der Waals surface area contributed by atoms with E-state index in [1.165, 1.54) is 19.3 Å². The van der Waals surface area contributed by atoms with E-state index < -0.39 is 0 Å². The van der Waals surface area contributed by atoms with Crippen molar-refractivity contribution in [1.29, 1.82) is 0 Å². The molecule has 17 heavy (non-hydrogen) atoms. The molecule has 1 aromatic carbocycles. The van der Waals surface area contributed by atoms with Crippen LogP contribution in [0.15, 0.2) is 18.2 Å². The first kappa shape index (κ1) is 14.0. The fourth-order valence-corrected chi connectivity index (χ4v) is 1.77. The molecule has 0 fully saturated rings. The summed E-state index contributed by atoms with van der Waals surface area (Å²) in [4.78, 5) is 0. The molecule has 0 aliphatic heterocycles. The summed E-state index contributed by atoms with van der Waals surface area (Å²) in [5.41, 5.74) is 13.4. The fourth-order valence-electron chi connectivity index (χ4n) is 1.77. The van der Waals surface area contributed by atoms with Crippen LogP contribution in [0.1, 0.15) is 43.7 Å². The van der Waals surface area contributed by atoms with Crippen LogP contribution in [0.2, 0.25) is 0 Å². The third-order valence-electron chi connectivity index (χ3n) is 2.76. The van der Waals surface area contributed by atoms with Crippen molar-refractivity contribution in [1.82, 2.24) is 0 Å². The Balaban J connectivity index is 2.46. The van der Waals surface area contributed by atoms with Crippen LogP contribution >= 0.6 is 0 Å². The quantitative estimate of drug-likeness (QED) is 0.682. The zero-order valence-corrected chi connectivity index (χ0v) is 10.7. The molecule has 96 valence electrons. The van der Waals surface area contributed by atoms with Crippen LogP contribution in [0.5, 0.6) is 5.75 Å². The predicted octanol–water partition coefficient (Wildman–Crippen LogP) is 2.56. The summed E-state index contributed by atoms with van der Waals surface area (Å²) in [5, 5.41) is 0. The van der Waals surface area contributed by atoms with E-state index >= 15 is 0 Å². The van der Waals surface area contributed by atoms with Gasteiger partial charge in [0.15, 0.2) is 0 Å². The average molecular weight is 236 g/mol. The molecule has 4 N–H and O–H groups in total. The lowest BCUT2D eigenvalue weighted by molar-refractivity contribution is 0.304. The molecule has 0 saturated carbocycles. The van der Waals surface area contributed by atoms with E-state index in [0.29, 0.717) is 13.1 Å². The smallest absolute Gasteiger partial charge is 0.119 e. The molecule has 3 heteroatoms. The van der Waals surface area contributed by atoms with Crippen LogP contribution in [0.4, 0.5) is 0 Å². The van der Waals surface area contributed by atoms with Crippen LogP contribution in [-0.2, 0) is 13.1 Å². The van der Waals surface area contributed by atoms with Gasteiger partial charge in [0.1, 0.15) is 5.75 Å². The normalized spacial score (nSPS) is 10.5. The van der Waals surface area contributed by atoms with Crippen LogP contribution < -0.4 is 16.2 Å². The number of nitrogens with two attached hydrogens (primary N) is 2. The number of ether oxygens (including phenoxy) is 1. The molecule has 0 saturated heterocycles. The summed E-state index contributed by atoms with van der Waals surface area (Å²) in [6.45, 7) is 4.04. The van der Waals surface area contributed by atoms with Crippen LogP contribution in [0, 0.1) is 0 Å². The highest BCUT2D eigenvalue weighted by Gasteiger charge is 2.00. The lowest BCUT2D eigenvalue weighted by atomic mass is 10.1. The molecule has 0 radical (unpaired) electrons. The van der Waals surface area contributed by atoms with Crippen molar-refractivity contribution in [3.05, 3.63) is 29.3 Å². The number of unbranched alkanes of at least 4 members (excludes halogenated alkanes) is 3. The highest BCUT2D eigenvalue weighted by molar-refractivity contribution is 5.34. The van der Waals surface area contributed by atoms with E-state index in [1.54, 1.807) is 0 Å². The minimum absolute atomic E-state index is 0.528. The van der Waals surface area contributed by atoms with Gasteiger partial charge in [-0.2, -0.15) is 0 Å². The second-order valence-corrected chi connectivity index (χ2v) is 4.30. The number of rotatable bonds is 8. The van der Waals surface area contributed by atoms with Gasteiger partial charge in [-0.05, 0) is 29.7 Å². The zero-order chi connectivity index (χ0) is 12.5. The molecule has 0 atom stereocenters. The Bertz CT molecular complexity index is 304. The Morgan fingerprint density at radius 2 is 1.59 bits per heavy atom. The lowest BCUT2D eigenvalue weighted by Crippen LogP contribution is -2.04. The first-order valence-corrected chi connectivity index (χ1v) is 6.46. The van der Waals surface area contributed by atoms with Crippen molar-refractivity contribution < 1.29 is 4.74 Å². The summed E-state index contributed by atoms with van der Waals surface area (Å²) in [6, 6.07) is 6.03. The monoisotopic (exact) mass is 236 g/mol. The molecule has 1 aromatic rings. The molecule has 0 bridgehead atoms. The third-order valence-corrected chi connectivity index (χ3v) is 2.76. The van der Waals surface area contributed by atoms with Gasteiger partial charge in [0.2, 0.25) is 0 Å². The average Bonchev–Trinajstić information content (AvgIpc) is 2.38. The van der Waals surface area contributed by atoms with Gasteiger partial charge in [-0.3, -0.25) is 0 Å². The van der Waals surface area contributed by atoms with Gasteiger partial charge in [0, 0.05) is 13.1 Å². The van der Waals surface area contributed by atoms with Gasteiger partial charge in [-0.1, -0.05) is 32.3 Å². The van der Waals surface area contributed by atoms with Gasteiger partial charge >= 0.3 is 0 Å². The molecule has 0 heterocycles. The first-order valence-electron chi connectivity index (χ1n) is 6.46. The van der Waals surface area contributed by atoms with E-state index in [-0.39, 0.29) is 0 Å². The van der Waals surface area contributed by atoms with Gasteiger partial charge in [0.05, 0.1) is 6.61 Å². The molecule has 0 aromatic heterocycles. The molecule has 0 unspecified atom stereocenters. The lowest BCUT2D eigenvalue weighted by Gasteiger charge is -2.09. The van der Waals surface area contributed by atoms with Crippen LogP contribution in [-0.4, -0.2) is 6.61 Å². The standard InChI is InChI=1S/C14H24N2O/c1-2-3-4-5-6-17-14-8-12(10-15)7-13(9-14)11-16/h7-9H,2-6,10-11,15-16H2,1H3. The van der Waals surface area contributed by atoms with Gasteiger partial charge in [-0.25, -0.2) is 0 Å². The highest BCUT2D eigenvalue weighted by Crippen LogP contribution is 2.17. The second-order valence-electron chi connectivity index (χ2n) is 4.30. The number of hydrogen-bond acceptors (Lipinski definition) is 3. The van der Waals surface area contributed by atoms with Crippen LogP contribution in [0.25, 0.3) is 0 Å². The number of benzene rings is 1. The summed E-state index contributed by atoms with van der Waals surface area (Å²) < 4.78 is 5.73. The van der Waals surface area contributed by atoms with Crippen molar-refractivity contribution in [2.45, 2.75) is 45.7 Å². The topological polar surface area (TPSA) is 61.3 Å². The zero-order valence-electron chi connectivity index (χ0n) is 10.7. The Hall–Kier alpha value is -1.06. The SMILES string of the molecule is CCCCCCOc1cc(CN)cc(CN)c1. The second kappa shape index (κ2) is 8.09. The fraction of sp³-hybridized carbons (Fsp3) is 0.571. The van der Waals surface area contributed by atoms with E-state index in [0.717, 1.165) is 29.9 Å². The highest BCUT2D eigenvalue weighted by atomic mass is 16.5. The Morgan fingerprint density at radius 1 is 0.941 bits per heavy atom. The molecular weight excluding hydrogens is 212 g/mol. The van der Waals surface area contributed by atoms with Crippen LogP contribution in [0.3, 0.4) is 0 Å². The number of hydrogen-bond donors (Lipinski definition) is 2. The Kier molecular flexibility index (Phi) is 6.67. The predicted molar refractivity (Wildman–Crippen MR) is 71.9 cm³/mol. The minimum Gasteiger partial charge on any atom is -0.494 e. The van der Waals surface area contributed by atoms with Crippen molar-refractivity contribution in [2.75, 3.05) is 6.61 Å². The molecular formula is C14H24N2O. The first-order chi connectivity index (χ1) is 8.30. The molecule has 3 nitrogen and oxygen atoms in total. The minimum atomic E-state index is 0.528. The summed E-state index contributed by atoms with van der Waals surface area (Å²) >= 11 is 0. The third kappa shape index (κ3) is 5.20. The van der Waals surface area contributed by atoms with E-state index in [4.69, 9.17) is 16.2 Å². The van der Waals surface area contributed by atoms with Crippen molar-refractivity contribution >= 4 is 0 Å². The maximum atomic E-state index is 5.73. The van der Waals surface area contributed by atoms with E-state index in [1.807, 2.05) is 18.2 Å². The van der Waals surface area contributed by atoms with Crippen molar-refractivity contribution in [3.63, 3.8) is 0 Å². The maximum Gasteiger partial charge on any atom is 0.119 e. The molecule has 0 spiro atoms. The molecule has 0 aliphatic carbocycles.